The molecule has 0 aromatic rings. The molecule has 116 valence electrons. The molecule has 0 spiro atoms. The zero-order valence-electron chi connectivity index (χ0n) is 12.2. The molecule has 0 saturated carbocycles. The molecule has 7 heteroatoms. The van der Waals surface area contributed by atoms with E-state index in [1.165, 1.54) is 0 Å². The molecule has 0 aromatic carbocycles. The van der Waals surface area contributed by atoms with E-state index in [-0.39, 0.29) is 23.8 Å². The van der Waals surface area contributed by atoms with E-state index in [0.717, 1.165) is 12.8 Å². The number of amides is 1. The van der Waals surface area contributed by atoms with Crippen LogP contribution in [0.3, 0.4) is 0 Å². The third-order valence-electron chi connectivity index (χ3n) is 3.57. The van der Waals surface area contributed by atoms with Crippen LogP contribution in [0.25, 0.3) is 0 Å². The second kappa shape index (κ2) is 8.76. The smallest absolute Gasteiger partial charge is 0.228 e. The minimum Gasteiger partial charge on any atom is -0.409 e. The standard InChI is InChI=1S/C13H25N3O4/c1-3-11-10(5-8-20-11)13(17)16(7-9-19-2)6-4-12(14)15-18/h10-11,18H,3-9H2,1-2H3,(H2,14,15). The van der Waals surface area contributed by atoms with Crippen LogP contribution in [0.1, 0.15) is 26.2 Å². The van der Waals surface area contributed by atoms with Gasteiger partial charge in [0.15, 0.2) is 0 Å². The van der Waals surface area contributed by atoms with Gasteiger partial charge in [0.1, 0.15) is 5.84 Å². The number of nitrogens with zero attached hydrogens (tertiary/aromatic N) is 2. The summed E-state index contributed by atoms with van der Waals surface area (Å²) in [5, 5.41) is 11.5. The molecule has 0 aromatic heterocycles. The lowest BCUT2D eigenvalue weighted by Gasteiger charge is -2.27. The van der Waals surface area contributed by atoms with Crippen molar-refractivity contribution >= 4 is 11.7 Å². The van der Waals surface area contributed by atoms with Gasteiger partial charge in [-0.3, -0.25) is 4.79 Å². The van der Waals surface area contributed by atoms with Crippen molar-refractivity contribution < 1.29 is 19.5 Å². The fourth-order valence-corrected chi connectivity index (χ4v) is 2.40. The lowest BCUT2D eigenvalue weighted by molar-refractivity contribution is -0.137. The molecule has 1 fully saturated rings. The largest absolute Gasteiger partial charge is 0.409 e. The van der Waals surface area contributed by atoms with Gasteiger partial charge in [-0.25, -0.2) is 0 Å². The van der Waals surface area contributed by atoms with Crippen LogP contribution in [0.15, 0.2) is 5.16 Å². The summed E-state index contributed by atoms with van der Waals surface area (Å²) >= 11 is 0. The van der Waals surface area contributed by atoms with E-state index in [0.29, 0.717) is 32.7 Å². The van der Waals surface area contributed by atoms with Crippen molar-refractivity contribution in [1.29, 1.82) is 0 Å². The number of ether oxygens (including phenoxy) is 2. The summed E-state index contributed by atoms with van der Waals surface area (Å²) in [5.41, 5.74) is 5.46. The maximum Gasteiger partial charge on any atom is 0.228 e. The molecule has 1 heterocycles. The van der Waals surface area contributed by atoms with E-state index in [1.807, 2.05) is 6.92 Å². The Morgan fingerprint density at radius 1 is 1.55 bits per heavy atom. The predicted octanol–water partition coefficient (Wildman–Crippen LogP) is 0.413. The summed E-state index contributed by atoms with van der Waals surface area (Å²) in [7, 11) is 1.60. The normalized spacial score (nSPS) is 23.0. The molecular formula is C13H25N3O4. The van der Waals surface area contributed by atoms with Gasteiger partial charge in [0, 0.05) is 33.2 Å². The van der Waals surface area contributed by atoms with Crippen LogP contribution in [0.2, 0.25) is 0 Å². The molecule has 0 bridgehead atoms. The van der Waals surface area contributed by atoms with Gasteiger partial charge in [-0.05, 0) is 12.8 Å². The first-order chi connectivity index (χ1) is 9.63. The molecule has 1 amide bonds. The quantitative estimate of drug-likeness (QED) is 0.292. The Morgan fingerprint density at radius 2 is 2.30 bits per heavy atom. The van der Waals surface area contributed by atoms with Crippen LogP contribution in [0.5, 0.6) is 0 Å². The molecule has 0 aliphatic carbocycles. The van der Waals surface area contributed by atoms with Crippen LogP contribution >= 0.6 is 0 Å². The van der Waals surface area contributed by atoms with E-state index in [4.69, 9.17) is 20.4 Å². The van der Waals surface area contributed by atoms with Gasteiger partial charge in [-0.1, -0.05) is 12.1 Å². The van der Waals surface area contributed by atoms with Crippen LogP contribution in [-0.2, 0) is 14.3 Å². The highest BCUT2D eigenvalue weighted by molar-refractivity contribution is 5.82. The number of carbonyl (C=O) groups is 1. The molecular weight excluding hydrogens is 262 g/mol. The zero-order chi connectivity index (χ0) is 15.0. The lowest BCUT2D eigenvalue weighted by atomic mass is 9.98. The number of rotatable bonds is 8. The van der Waals surface area contributed by atoms with E-state index in [9.17, 15) is 4.79 Å². The van der Waals surface area contributed by atoms with Gasteiger partial charge < -0.3 is 25.3 Å². The van der Waals surface area contributed by atoms with Crippen molar-refractivity contribution in [3.8, 4) is 0 Å². The summed E-state index contributed by atoms with van der Waals surface area (Å²) in [4.78, 5) is 14.3. The Morgan fingerprint density at radius 3 is 2.90 bits per heavy atom. The number of amidine groups is 1. The number of nitrogens with two attached hydrogens (primary N) is 1. The number of hydrogen-bond acceptors (Lipinski definition) is 5. The molecule has 1 saturated heterocycles. The molecule has 2 atom stereocenters. The lowest BCUT2D eigenvalue weighted by Crippen LogP contribution is -2.42. The first kappa shape index (κ1) is 16.7. The molecule has 0 radical (unpaired) electrons. The molecule has 1 aliphatic rings. The first-order valence-corrected chi connectivity index (χ1v) is 6.99. The van der Waals surface area contributed by atoms with Crippen LogP contribution in [-0.4, -0.2) is 61.4 Å². The summed E-state index contributed by atoms with van der Waals surface area (Å²) < 4.78 is 10.6. The second-order valence-corrected chi connectivity index (χ2v) is 4.87. The Balaban J connectivity index is 2.63. The van der Waals surface area contributed by atoms with Crippen LogP contribution in [0.4, 0.5) is 0 Å². The Kier molecular flexibility index (Phi) is 7.32. The third-order valence-corrected chi connectivity index (χ3v) is 3.57. The fraction of sp³-hybridized carbons (Fsp3) is 0.846. The van der Waals surface area contributed by atoms with Gasteiger partial charge in [0.25, 0.3) is 0 Å². The average molecular weight is 287 g/mol. The number of carbonyl (C=O) groups excluding carboxylic acids is 1. The summed E-state index contributed by atoms with van der Waals surface area (Å²) in [5.74, 6) is 0.0937. The second-order valence-electron chi connectivity index (χ2n) is 4.87. The molecule has 1 aliphatic heterocycles. The predicted molar refractivity (Wildman–Crippen MR) is 74.6 cm³/mol. The monoisotopic (exact) mass is 287 g/mol. The van der Waals surface area contributed by atoms with Gasteiger partial charge in [-0.2, -0.15) is 0 Å². The highest BCUT2D eigenvalue weighted by Crippen LogP contribution is 2.25. The molecule has 20 heavy (non-hydrogen) atoms. The number of hydrogen-bond donors (Lipinski definition) is 2. The van der Waals surface area contributed by atoms with E-state index >= 15 is 0 Å². The molecule has 2 unspecified atom stereocenters. The van der Waals surface area contributed by atoms with E-state index in [2.05, 4.69) is 5.16 Å². The molecule has 1 rings (SSSR count). The minimum atomic E-state index is -0.0934. The maximum absolute atomic E-state index is 12.6. The Labute approximate surface area is 119 Å². The topological polar surface area (TPSA) is 97.4 Å². The van der Waals surface area contributed by atoms with Gasteiger partial charge in [-0.15, -0.1) is 0 Å². The summed E-state index contributed by atoms with van der Waals surface area (Å²) in [6.07, 6.45) is 1.92. The third kappa shape index (κ3) is 4.64. The first-order valence-electron chi connectivity index (χ1n) is 6.99. The average Bonchev–Trinajstić information content (AvgIpc) is 2.94. The zero-order valence-corrected chi connectivity index (χ0v) is 12.2. The molecule has 3 N–H and O–H groups in total. The van der Waals surface area contributed by atoms with Crippen molar-refractivity contribution in [2.75, 3.05) is 33.4 Å². The van der Waals surface area contributed by atoms with Crippen molar-refractivity contribution in [3.05, 3.63) is 0 Å². The highest BCUT2D eigenvalue weighted by Gasteiger charge is 2.35. The van der Waals surface area contributed by atoms with Crippen molar-refractivity contribution in [3.63, 3.8) is 0 Å². The fourth-order valence-electron chi connectivity index (χ4n) is 2.40. The van der Waals surface area contributed by atoms with Crippen LogP contribution in [0, 0.1) is 5.92 Å². The van der Waals surface area contributed by atoms with Gasteiger partial charge >= 0.3 is 0 Å². The highest BCUT2D eigenvalue weighted by atomic mass is 16.5. The van der Waals surface area contributed by atoms with Crippen LogP contribution < -0.4 is 5.73 Å². The summed E-state index contributed by atoms with van der Waals surface area (Å²) in [6.45, 7) is 4.04. The maximum atomic E-state index is 12.6. The number of oxime groups is 1. The van der Waals surface area contributed by atoms with E-state index in [1.54, 1.807) is 12.0 Å². The van der Waals surface area contributed by atoms with Crippen molar-refractivity contribution in [2.24, 2.45) is 16.8 Å². The summed E-state index contributed by atoms with van der Waals surface area (Å²) in [6, 6.07) is 0. The van der Waals surface area contributed by atoms with Gasteiger partial charge in [0.05, 0.1) is 18.6 Å². The SMILES string of the molecule is CCC1OCCC1C(=O)N(CCOC)CCC(N)=NO. The van der Waals surface area contributed by atoms with Crippen molar-refractivity contribution in [2.45, 2.75) is 32.3 Å². The van der Waals surface area contributed by atoms with Gasteiger partial charge in [0.2, 0.25) is 5.91 Å². The minimum absolute atomic E-state index is 0.00333. The molecule has 7 nitrogen and oxygen atoms in total. The van der Waals surface area contributed by atoms with Crippen molar-refractivity contribution in [1.82, 2.24) is 4.90 Å². The Hall–Kier alpha value is -1.34. The van der Waals surface area contributed by atoms with E-state index < -0.39 is 0 Å². The Bertz CT molecular complexity index is 336. The number of methoxy groups -OCH3 is 1.